The molecule has 1 aliphatic carbocycles. The number of hydrogen-bond donors (Lipinski definition) is 2. The maximum atomic E-state index is 11.0. The number of nitrogens with zero attached hydrogens (tertiary/aromatic N) is 1. The predicted molar refractivity (Wildman–Crippen MR) is 77.5 cm³/mol. The standard InChI is InChI=1S/C14H19N3O4/c1-2-20-11-7-8(3-4-10(11)17(18)19)16-13-12(15)9-5-6-21-14(9)13/h3-4,7,9,12-14,16H,2,5-6,15H2,1H3. The fraction of sp³-hybridized carbons (Fsp3) is 0.571. The molecule has 114 valence electrons. The Bertz CT molecular complexity index is 551. The minimum atomic E-state index is -0.444. The predicted octanol–water partition coefficient (Wildman–Crippen LogP) is 1.52. The average Bonchev–Trinajstić information content (AvgIpc) is 2.90. The highest BCUT2D eigenvalue weighted by molar-refractivity contribution is 5.59. The molecule has 0 amide bonds. The Balaban J connectivity index is 1.76. The van der Waals surface area contributed by atoms with Crippen molar-refractivity contribution >= 4 is 11.4 Å². The number of nitro groups is 1. The maximum absolute atomic E-state index is 11.0. The number of rotatable bonds is 5. The van der Waals surface area contributed by atoms with E-state index in [2.05, 4.69) is 5.32 Å². The van der Waals surface area contributed by atoms with E-state index in [4.69, 9.17) is 15.2 Å². The van der Waals surface area contributed by atoms with E-state index < -0.39 is 4.92 Å². The van der Waals surface area contributed by atoms with Crippen molar-refractivity contribution in [1.29, 1.82) is 0 Å². The van der Waals surface area contributed by atoms with E-state index in [0.717, 1.165) is 18.7 Å². The van der Waals surface area contributed by atoms with Crippen molar-refractivity contribution in [3.8, 4) is 5.75 Å². The molecular formula is C14H19N3O4. The molecule has 3 rings (SSSR count). The summed E-state index contributed by atoms with van der Waals surface area (Å²) in [6, 6.07) is 4.88. The van der Waals surface area contributed by atoms with Gasteiger partial charge in [0.15, 0.2) is 5.75 Å². The van der Waals surface area contributed by atoms with Crippen molar-refractivity contribution < 1.29 is 14.4 Å². The summed E-state index contributed by atoms with van der Waals surface area (Å²) >= 11 is 0. The molecular weight excluding hydrogens is 274 g/mol. The van der Waals surface area contributed by atoms with Gasteiger partial charge < -0.3 is 20.5 Å². The number of nitro benzene ring substituents is 1. The molecule has 1 saturated heterocycles. The molecule has 4 atom stereocenters. The molecule has 7 nitrogen and oxygen atoms in total. The van der Waals surface area contributed by atoms with Crippen LogP contribution in [0.15, 0.2) is 18.2 Å². The first-order chi connectivity index (χ1) is 10.1. The zero-order valence-corrected chi connectivity index (χ0v) is 11.8. The highest BCUT2D eigenvalue weighted by Crippen LogP contribution is 2.40. The summed E-state index contributed by atoms with van der Waals surface area (Å²) in [5.41, 5.74) is 6.88. The largest absolute Gasteiger partial charge is 0.487 e. The first-order valence-electron chi connectivity index (χ1n) is 7.16. The minimum absolute atomic E-state index is 0.0321. The molecule has 1 saturated carbocycles. The molecule has 0 bridgehead atoms. The normalized spacial score (nSPS) is 30.4. The summed E-state index contributed by atoms with van der Waals surface area (Å²) in [4.78, 5) is 10.5. The van der Waals surface area contributed by atoms with Gasteiger partial charge >= 0.3 is 5.69 Å². The van der Waals surface area contributed by atoms with Crippen LogP contribution in [0.2, 0.25) is 0 Å². The third kappa shape index (κ3) is 2.43. The molecule has 2 aliphatic rings. The Morgan fingerprint density at radius 2 is 2.38 bits per heavy atom. The quantitative estimate of drug-likeness (QED) is 0.630. The van der Waals surface area contributed by atoms with Crippen LogP contribution in [0.3, 0.4) is 0 Å². The van der Waals surface area contributed by atoms with Crippen molar-refractivity contribution in [3.63, 3.8) is 0 Å². The second-order valence-electron chi connectivity index (χ2n) is 5.41. The Morgan fingerprint density at radius 3 is 3.10 bits per heavy atom. The zero-order valence-electron chi connectivity index (χ0n) is 11.8. The maximum Gasteiger partial charge on any atom is 0.311 e. The smallest absolute Gasteiger partial charge is 0.311 e. The lowest BCUT2D eigenvalue weighted by Crippen LogP contribution is -2.65. The average molecular weight is 293 g/mol. The lowest BCUT2D eigenvalue weighted by atomic mass is 9.72. The van der Waals surface area contributed by atoms with Gasteiger partial charge in [-0.25, -0.2) is 0 Å². The monoisotopic (exact) mass is 293 g/mol. The molecule has 1 aromatic carbocycles. The van der Waals surface area contributed by atoms with E-state index in [-0.39, 0.29) is 29.6 Å². The van der Waals surface area contributed by atoms with E-state index in [1.54, 1.807) is 19.1 Å². The fourth-order valence-electron chi connectivity index (χ4n) is 3.15. The molecule has 4 unspecified atom stereocenters. The lowest BCUT2D eigenvalue weighted by Gasteiger charge is -2.46. The van der Waals surface area contributed by atoms with Crippen LogP contribution in [0.5, 0.6) is 5.75 Å². The van der Waals surface area contributed by atoms with Gasteiger partial charge in [0.2, 0.25) is 0 Å². The third-order valence-electron chi connectivity index (χ3n) is 4.24. The van der Waals surface area contributed by atoms with Gasteiger partial charge in [-0.05, 0) is 19.4 Å². The number of benzene rings is 1. The second-order valence-corrected chi connectivity index (χ2v) is 5.41. The topological polar surface area (TPSA) is 99.7 Å². The van der Waals surface area contributed by atoms with Crippen LogP contribution >= 0.6 is 0 Å². The summed E-state index contributed by atoms with van der Waals surface area (Å²) in [6.07, 6.45) is 1.15. The van der Waals surface area contributed by atoms with Crippen LogP contribution in [0.4, 0.5) is 11.4 Å². The molecule has 3 N–H and O–H groups in total. The summed E-state index contributed by atoms with van der Waals surface area (Å²) in [6.45, 7) is 2.93. The summed E-state index contributed by atoms with van der Waals surface area (Å²) in [5, 5.41) is 14.3. The van der Waals surface area contributed by atoms with Crippen molar-refractivity contribution in [1.82, 2.24) is 0 Å². The molecule has 0 aromatic heterocycles. The number of anilines is 1. The molecule has 7 heteroatoms. The van der Waals surface area contributed by atoms with Crippen LogP contribution in [-0.2, 0) is 4.74 Å². The van der Waals surface area contributed by atoms with Crippen LogP contribution < -0.4 is 15.8 Å². The van der Waals surface area contributed by atoms with Gasteiger partial charge in [-0.1, -0.05) is 0 Å². The van der Waals surface area contributed by atoms with Gasteiger partial charge in [0.25, 0.3) is 0 Å². The number of fused-ring (bicyclic) bond motifs is 1. The fourth-order valence-corrected chi connectivity index (χ4v) is 3.15. The van der Waals surface area contributed by atoms with Gasteiger partial charge in [-0.3, -0.25) is 10.1 Å². The summed E-state index contributed by atoms with van der Waals surface area (Å²) < 4.78 is 11.0. The third-order valence-corrected chi connectivity index (χ3v) is 4.24. The lowest BCUT2D eigenvalue weighted by molar-refractivity contribution is -0.385. The van der Waals surface area contributed by atoms with E-state index in [1.165, 1.54) is 6.07 Å². The molecule has 1 heterocycles. The SMILES string of the molecule is CCOc1cc(NC2C(N)C3CCOC32)ccc1[N+](=O)[O-]. The Kier molecular flexibility index (Phi) is 3.69. The second kappa shape index (κ2) is 5.50. The minimum Gasteiger partial charge on any atom is -0.487 e. The van der Waals surface area contributed by atoms with E-state index in [0.29, 0.717) is 12.5 Å². The highest BCUT2D eigenvalue weighted by Gasteiger charge is 2.52. The number of ether oxygens (including phenoxy) is 2. The highest BCUT2D eigenvalue weighted by atomic mass is 16.6. The van der Waals surface area contributed by atoms with E-state index >= 15 is 0 Å². The van der Waals surface area contributed by atoms with Crippen LogP contribution in [0.1, 0.15) is 13.3 Å². The van der Waals surface area contributed by atoms with Crippen molar-refractivity contribution in [2.45, 2.75) is 31.5 Å². The van der Waals surface area contributed by atoms with Crippen molar-refractivity contribution in [2.24, 2.45) is 11.7 Å². The van der Waals surface area contributed by atoms with Crippen molar-refractivity contribution in [2.75, 3.05) is 18.5 Å². The van der Waals surface area contributed by atoms with Crippen molar-refractivity contribution in [3.05, 3.63) is 28.3 Å². The molecule has 1 aromatic rings. The first-order valence-corrected chi connectivity index (χ1v) is 7.16. The Labute approximate surface area is 122 Å². The molecule has 2 fully saturated rings. The van der Waals surface area contributed by atoms with Crippen LogP contribution in [-0.4, -0.2) is 36.3 Å². The number of nitrogens with one attached hydrogen (secondary N) is 1. The first kappa shape index (κ1) is 14.1. The van der Waals surface area contributed by atoms with Gasteiger partial charge in [0.1, 0.15) is 0 Å². The Hall–Kier alpha value is -1.86. The van der Waals surface area contributed by atoms with Gasteiger partial charge in [0, 0.05) is 36.4 Å². The number of hydrogen-bond acceptors (Lipinski definition) is 6. The van der Waals surface area contributed by atoms with Crippen LogP contribution in [0, 0.1) is 16.0 Å². The van der Waals surface area contributed by atoms with Crippen LogP contribution in [0.25, 0.3) is 0 Å². The molecule has 0 radical (unpaired) electrons. The zero-order chi connectivity index (χ0) is 15.0. The van der Waals surface area contributed by atoms with Gasteiger partial charge in [-0.15, -0.1) is 0 Å². The summed E-state index contributed by atoms with van der Waals surface area (Å²) in [5.74, 6) is 0.691. The number of nitrogens with two attached hydrogens (primary N) is 1. The van der Waals surface area contributed by atoms with Gasteiger partial charge in [-0.2, -0.15) is 0 Å². The summed E-state index contributed by atoms with van der Waals surface area (Å²) in [7, 11) is 0. The van der Waals surface area contributed by atoms with E-state index in [1.807, 2.05) is 0 Å². The van der Waals surface area contributed by atoms with E-state index in [9.17, 15) is 10.1 Å². The Morgan fingerprint density at radius 1 is 1.57 bits per heavy atom. The molecule has 21 heavy (non-hydrogen) atoms. The van der Waals surface area contributed by atoms with Gasteiger partial charge in [0.05, 0.1) is 23.7 Å². The molecule has 1 aliphatic heterocycles. The molecule has 0 spiro atoms.